The van der Waals surface area contributed by atoms with Crippen LogP contribution in [0.2, 0.25) is 10.0 Å². The first kappa shape index (κ1) is 27.8. The molecule has 0 bridgehead atoms. The number of aryl methyl sites for hydroxylation is 2. The molecule has 3 rings (SSSR count). The van der Waals surface area contributed by atoms with Crippen molar-refractivity contribution in [3.63, 3.8) is 0 Å². The molecule has 0 aliphatic rings. The van der Waals surface area contributed by atoms with Gasteiger partial charge in [-0.25, -0.2) is 0 Å². The molecule has 3 aromatic carbocycles. The van der Waals surface area contributed by atoms with Gasteiger partial charge in [0, 0.05) is 34.1 Å². The van der Waals surface area contributed by atoms with E-state index in [0.717, 1.165) is 22.3 Å². The zero-order valence-corrected chi connectivity index (χ0v) is 23.1. The highest BCUT2D eigenvalue weighted by Crippen LogP contribution is 2.28. The van der Waals surface area contributed by atoms with Gasteiger partial charge in [-0.2, -0.15) is 0 Å². The lowest BCUT2D eigenvalue weighted by atomic mass is 9.98. The van der Waals surface area contributed by atoms with E-state index < -0.39 is 11.6 Å². The zero-order chi connectivity index (χ0) is 26.5. The van der Waals surface area contributed by atoms with Gasteiger partial charge in [0.05, 0.1) is 6.42 Å². The summed E-state index contributed by atoms with van der Waals surface area (Å²) in [6.45, 7) is 9.90. The molecule has 0 radical (unpaired) electrons. The first-order valence-corrected chi connectivity index (χ1v) is 12.8. The van der Waals surface area contributed by atoms with Crippen molar-refractivity contribution in [1.82, 2.24) is 10.2 Å². The molecule has 0 spiro atoms. The number of hydrogen-bond acceptors (Lipinski definition) is 2. The molecule has 190 valence electrons. The van der Waals surface area contributed by atoms with Gasteiger partial charge < -0.3 is 10.2 Å². The molecule has 6 heteroatoms. The van der Waals surface area contributed by atoms with Crippen molar-refractivity contribution in [2.24, 2.45) is 0 Å². The summed E-state index contributed by atoms with van der Waals surface area (Å²) in [5.74, 6) is -0.381. The number of benzene rings is 3. The van der Waals surface area contributed by atoms with Gasteiger partial charge >= 0.3 is 0 Å². The second-order valence-electron chi connectivity index (χ2n) is 10.3. The zero-order valence-electron chi connectivity index (χ0n) is 21.6. The summed E-state index contributed by atoms with van der Waals surface area (Å²) in [6.07, 6.45) is 0.535. The van der Waals surface area contributed by atoms with Gasteiger partial charge in [-0.05, 0) is 63.4 Å². The SMILES string of the molecule is Cc1ccc(C)c(CC(=O)N(Cc2c(Cl)cccc2Cl)[C@H](Cc2ccccc2)C(=O)NC(C)(C)C)c1. The lowest BCUT2D eigenvalue weighted by Gasteiger charge is -2.34. The van der Waals surface area contributed by atoms with Crippen LogP contribution in [0.25, 0.3) is 0 Å². The Labute approximate surface area is 224 Å². The smallest absolute Gasteiger partial charge is 0.243 e. The van der Waals surface area contributed by atoms with E-state index >= 15 is 0 Å². The number of rotatable bonds is 8. The minimum atomic E-state index is -0.753. The third kappa shape index (κ3) is 7.59. The van der Waals surface area contributed by atoms with E-state index in [1.807, 2.05) is 83.1 Å². The van der Waals surface area contributed by atoms with Crippen LogP contribution in [0.3, 0.4) is 0 Å². The van der Waals surface area contributed by atoms with Crippen molar-refractivity contribution < 1.29 is 9.59 Å². The van der Waals surface area contributed by atoms with Crippen molar-refractivity contribution in [3.8, 4) is 0 Å². The number of carbonyl (C=O) groups is 2. The molecule has 0 aromatic heterocycles. The highest BCUT2D eigenvalue weighted by atomic mass is 35.5. The Bertz CT molecular complexity index is 1200. The van der Waals surface area contributed by atoms with Gasteiger partial charge in [0.25, 0.3) is 0 Å². The lowest BCUT2D eigenvalue weighted by molar-refractivity contribution is -0.141. The quantitative estimate of drug-likeness (QED) is 0.356. The molecule has 36 heavy (non-hydrogen) atoms. The molecule has 0 heterocycles. The third-order valence-corrected chi connectivity index (χ3v) is 6.71. The fourth-order valence-electron chi connectivity index (χ4n) is 4.12. The van der Waals surface area contributed by atoms with E-state index in [2.05, 4.69) is 5.32 Å². The fraction of sp³-hybridized carbons (Fsp3) is 0.333. The largest absolute Gasteiger partial charge is 0.350 e. The van der Waals surface area contributed by atoms with Crippen LogP contribution in [0.1, 0.15) is 48.6 Å². The van der Waals surface area contributed by atoms with Gasteiger partial charge in [0.2, 0.25) is 11.8 Å². The van der Waals surface area contributed by atoms with E-state index in [0.29, 0.717) is 22.0 Å². The molecule has 0 fully saturated rings. The molecule has 0 aliphatic heterocycles. The Morgan fingerprint density at radius 1 is 0.917 bits per heavy atom. The van der Waals surface area contributed by atoms with E-state index in [-0.39, 0.29) is 24.8 Å². The van der Waals surface area contributed by atoms with Crippen LogP contribution >= 0.6 is 23.2 Å². The summed E-state index contributed by atoms with van der Waals surface area (Å²) in [6, 6.07) is 20.3. The van der Waals surface area contributed by atoms with Crippen LogP contribution in [0.5, 0.6) is 0 Å². The number of nitrogens with one attached hydrogen (secondary N) is 1. The molecule has 0 saturated heterocycles. The van der Waals surface area contributed by atoms with Crippen LogP contribution in [0.15, 0.2) is 66.7 Å². The lowest BCUT2D eigenvalue weighted by Crippen LogP contribution is -2.54. The average Bonchev–Trinajstić information content (AvgIpc) is 2.79. The van der Waals surface area contributed by atoms with E-state index in [4.69, 9.17) is 23.2 Å². The summed E-state index contributed by atoms with van der Waals surface area (Å²) >= 11 is 13.0. The Morgan fingerprint density at radius 3 is 2.17 bits per heavy atom. The number of halogens is 2. The summed E-state index contributed by atoms with van der Waals surface area (Å²) in [4.78, 5) is 29.3. The molecule has 0 aliphatic carbocycles. The maximum Gasteiger partial charge on any atom is 0.243 e. The topological polar surface area (TPSA) is 49.4 Å². The van der Waals surface area contributed by atoms with Crippen LogP contribution in [-0.2, 0) is 29.0 Å². The molecule has 1 atom stereocenters. The predicted octanol–water partition coefficient (Wildman–Crippen LogP) is 6.71. The average molecular weight is 526 g/mol. The van der Waals surface area contributed by atoms with Gasteiger partial charge in [-0.15, -0.1) is 0 Å². The number of hydrogen-bond donors (Lipinski definition) is 1. The normalized spacial score (nSPS) is 12.2. The van der Waals surface area contributed by atoms with E-state index in [1.165, 1.54) is 0 Å². The van der Waals surface area contributed by atoms with Crippen LogP contribution in [-0.4, -0.2) is 28.3 Å². The van der Waals surface area contributed by atoms with Crippen molar-refractivity contribution >= 4 is 35.0 Å². The van der Waals surface area contributed by atoms with Crippen molar-refractivity contribution in [2.75, 3.05) is 0 Å². The maximum absolute atomic E-state index is 14.0. The Morgan fingerprint density at radius 2 is 1.56 bits per heavy atom. The summed E-state index contributed by atoms with van der Waals surface area (Å²) < 4.78 is 0. The van der Waals surface area contributed by atoms with Crippen LogP contribution in [0, 0.1) is 13.8 Å². The second-order valence-corrected chi connectivity index (χ2v) is 11.1. The molecule has 2 amide bonds. The molecule has 1 N–H and O–H groups in total. The monoisotopic (exact) mass is 524 g/mol. The Hall–Kier alpha value is -2.82. The second kappa shape index (κ2) is 11.9. The van der Waals surface area contributed by atoms with Crippen molar-refractivity contribution in [3.05, 3.63) is 105 Å². The van der Waals surface area contributed by atoms with Gasteiger partial charge in [-0.1, -0.05) is 83.4 Å². The number of nitrogens with zero attached hydrogens (tertiary/aromatic N) is 1. The highest BCUT2D eigenvalue weighted by Gasteiger charge is 2.33. The maximum atomic E-state index is 14.0. The minimum absolute atomic E-state index is 0.122. The molecular weight excluding hydrogens is 491 g/mol. The molecule has 3 aromatic rings. The Kier molecular flexibility index (Phi) is 9.21. The standard InChI is InChI=1S/C30H34Cl2N2O2/c1-20-14-15-21(2)23(16-20)18-28(35)34(19-24-25(31)12-9-13-26(24)32)27(29(36)33-30(3,4)5)17-22-10-7-6-8-11-22/h6-16,27H,17-19H2,1-5H3,(H,33,36)/t27-/m1/s1. The van der Waals surface area contributed by atoms with E-state index in [9.17, 15) is 9.59 Å². The van der Waals surface area contributed by atoms with Gasteiger partial charge in [-0.3, -0.25) is 9.59 Å². The third-order valence-electron chi connectivity index (χ3n) is 6.01. The van der Waals surface area contributed by atoms with Crippen molar-refractivity contribution in [2.45, 2.75) is 65.6 Å². The molecule has 0 unspecified atom stereocenters. The summed E-state index contributed by atoms with van der Waals surface area (Å²) in [7, 11) is 0. The summed E-state index contributed by atoms with van der Waals surface area (Å²) in [5.41, 5.74) is 4.16. The van der Waals surface area contributed by atoms with Gasteiger partial charge in [0.15, 0.2) is 0 Å². The van der Waals surface area contributed by atoms with Crippen molar-refractivity contribution in [1.29, 1.82) is 0 Å². The first-order chi connectivity index (χ1) is 16.9. The van der Waals surface area contributed by atoms with E-state index in [1.54, 1.807) is 23.1 Å². The molecule has 4 nitrogen and oxygen atoms in total. The summed E-state index contributed by atoms with van der Waals surface area (Å²) in [5, 5.41) is 4.00. The Balaban J connectivity index is 2.07. The highest BCUT2D eigenvalue weighted by molar-refractivity contribution is 6.36. The number of amides is 2. The molecular formula is C30H34Cl2N2O2. The predicted molar refractivity (Wildman–Crippen MR) is 148 cm³/mol. The molecule has 0 saturated carbocycles. The van der Waals surface area contributed by atoms with Gasteiger partial charge in [0.1, 0.15) is 6.04 Å². The fourth-order valence-corrected chi connectivity index (χ4v) is 4.63. The first-order valence-electron chi connectivity index (χ1n) is 12.1. The minimum Gasteiger partial charge on any atom is -0.350 e. The van der Waals surface area contributed by atoms with Crippen LogP contribution in [0.4, 0.5) is 0 Å². The van der Waals surface area contributed by atoms with Crippen LogP contribution < -0.4 is 5.32 Å². The number of carbonyl (C=O) groups excluding carboxylic acids is 2.